The van der Waals surface area contributed by atoms with Crippen LogP contribution in [-0.2, 0) is 17.6 Å². The van der Waals surface area contributed by atoms with Crippen molar-refractivity contribution in [2.75, 3.05) is 4.90 Å². The summed E-state index contributed by atoms with van der Waals surface area (Å²) in [5.41, 5.74) is 3.56. The summed E-state index contributed by atoms with van der Waals surface area (Å²) in [5, 5.41) is 10.9. The van der Waals surface area contributed by atoms with Gasteiger partial charge in [0.05, 0.1) is 16.3 Å². The first kappa shape index (κ1) is 13.3. The van der Waals surface area contributed by atoms with Crippen LogP contribution in [0.15, 0.2) is 42.5 Å². The van der Waals surface area contributed by atoms with Gasteiger partial charge < -0.3 is 0 Å². The van der Waals surface area contributed by atoms with E-state index >= 15 is 0 Å². The number of carbonyl (C=O) groups excluding carboxylic acids is 1. The van der Waals surface area contributed by atoms with E-state index in [-0.39, 0.29) is 11.6 Å². The first-order valence-corrected chi connectivity index (χ1v) is 6.74. The van der Waals surface area contributed by atoms with E-state index in [2.05, 4.69) is 0 Å². The van der Waals surface area contributed by atoms with E-state index in [0.29, 0.717) is 6.42 Å². The highest BCUT2D eigenvalue weighted by atomic mass is 16.6. The number of nitrogens with zero attached hydrogens (tertiary/aromatic N) is 2. The Morgan fingerprint density at radius 2 is 1.76 bits per heavy atom. The molecule has 1 amide bonds. The minimum atomic E-state index is -0.406. The average Bonchev–Trinajstić information content (AvgIpc) is 2.63. The Morgan fingerprint density at radius 1 is 1.10 bits per heavy atom. The maximum absolute atomic E-state index is 12.1. The van der Waals surface area contributed by atoms with Crippen LogP contribution in [0.1, 0.15) is 18.1 Å². The number of benzene rings is 2. The summed E-state index contributed by atoms with van der Waals surface area (Å²) >= 11 is 0. The summed E-state index contributed by atoms with van der Waals surface area (Å²) in [6, 6.07) is 12.4. The Morgan fingerprint density at radius 3 is 2.48 bits per heavy atom. The molecule has 0 spiro atoms. The molecule has 2 aromatic carbocycles. The predicted molar refractivity (Wildman–Crippen MR) is 79.8 cm³/mol. The van der Waals surface area contributed by atoms with Crippen LogP contribution in [0.2, 0.25) is 0 Å². The number of para-hydroxylation sites is 1. The molecule has 0 saturated carbocycles. The molecule has 0 aliphatic carbocycles. The molecule has 0 saturated heterocycles. The number of fused-ring (bicyclic) bond motifs is 2. The zero-order valence-corrected chi connectivity index (χ0v) is 11.6. The second kappa shape index (κ2) is 5.01. The van der Waals surface area contributed by atoms with Crippen molar-refractivity contribution >= 4 is 23.0 Å². The summed E-state index contributed by atoms with van der Waals surface area (Å²) < 4.78 is 0. The number of non-ortho nitro benzene ring substituents is 1. The molecule has 3 rings (SSSR count). The molecule has 0 aromatic heterocycles. The maximum Gasteiger partial charge on any atom is 0.269 e. The summed E-state index contributed by atoms with van der Waals surface area (Å²) in [6.07, 6.45) is 1.44. The normalized spacial score (nSPS) is 13.1. The van der Waals surface area contributed by atoms with Crippen molar-refractivity contribution in [2.45, 2.75) is 19.8 Å². The Hall–Kier alpha value is -2.69. The van der Waals surface area contributed by atoms with Crippen molar-refractivity contribution in [2.24, 2.45) is 0 Å². The first-order chi connectivity index (χ1) is 10.1. The largest absolute Gasteiger partial charge is 0.281 e. The second-order valence-corrected chi connectivity index (χ2v) is 5.05. The fraction of sp³-hybridized carbons (Fsp3) is 0.188. The molecule has 106 valence electrons. The highest BCUT2D eigenvalue weighted by Gasteiger charge is 2.24. The molecule has 1 heterocycles. The van der Waals surface area contributed by atoms with Crippen molar-refractivity contribution in [1.29, 1.82) is 0 Å². The minimum Gasteiger partial charge on any atom is -0.281 e. The van der Waals surface area contributed by atoms with Crippen LogP contribution >= 0.6 is 0 Å². The van der Waals surface area contributed by atoms with Gasteiger partial charge in [-0.3, -0.25) is 19.8 Å². The van der Waals surface area contributed by atoms with E-state index in [1.165, 1.54) is 13.0 Å². The molecule has 21 heavy (non-hydrogen) atoms. The Balaban J connectivity index is 2.20. The summed E-state index contributed by atoms with van der Waals surface area (Å²) in [4.78, 5) is 24.3. The van der Waals surface area contributed by atoms with Crippen LogP contribution in [0, 0.1) is 10.1 Å². The number of aryl methyl sites for hydroxylation is 2. The average molecular weight is 282 g/mol. The molecule has 0 radical (unpaired) electrons. The van der Waals surface area contributed by atoms with E-state index in [4.69, 9.17) is 0 Å². The van der Waals surface area contributed by atoms with Crippen molar-refractivity contribution in [3.63, 3.8) is 0 Å². The third-order valence-electron chi connectivity index (χ3n) is 3.73. The van der Waals surface area contributed by atoms with Crippen molar-refractivity contribution in [3.8, 4) is 0 Å². The van der Waals surface area contributed by atoms with Crippen molar-refractivity contribution in [1.82, 2.24) is 0 Å². The first-order valence-electron chi connectivity index (χ1n) is 6.74. The van der Waals surface area contributed by atoms with E-state index in [0.717, 1.165) is 28.9 Å². The maximum atomic E-state index is 12.1. The van der Waals surface area contributed by atoms with Gasteiger partial charge in [0.2, 0.25) is 5.91 Å². The standard InChI is InChI=1S/C16H14N2O3/c1-11(19)17-15-5-3-2-4-12(15)6-7-13-10-14(18(20)21)8-9-16(13)17/h2-5,8-10H,6-7H2,1H3. The van der Waals surface area contributed by atoms with Gasteiger partial charge in [0.15, 0.2) is 0 Å². The van der Waals surface area contributed by atoms with E-state index in [9.17, 15) is 14.9 Å². The Bertz CT molecular complexity index is 740. The van der Waals surface area contributed by atoms with Gasteiger partial charge in [0, 0.05) is 19.1 Å². The summed E-state index contributed by atoms with van der Waals surface area (Å²) in [7, 11) is 0. The number of amides is 1. The highest BCUT2D eigenvalue weighted by Crippen LogP contribution is 2.37. The van der Waals surface area contributed by atoms with Crippen LogP contribution < -0.4 is 4.90 Å². The molecular formula is C16H14N2O3. The third-order valence-corrected chi connectivity index (χ3v) is 3.73. The molecule has 0 atom stereocenters. The lowest BCUT2D eigenvalue weighted by Crippen LogP contribution is -2.23. The Kier molecular flexibility index (Phi) is 3.17. The fourth-order valence-electron chi connectivity index (χ4n) is 2.78. The van der Waals surface area contributed by atoms with Crippen LogP contribution in [0.4, 0.5) is 17.1 Å². The van der Waals surface area contributed by atoms with Crippen molar-refractivity contribution < 1.29 is 9.72 Å². The zero-order valence-electron chi connectivity index (χ0n) is 11.6. The topological polar surface area (TPSA) is 63.5 Å². The Labute approximate surface area is 122 Å². The highest BCUT2D eigenvalue weighted by molar-refractivity contribution is 6.01. The number of anilines is 2. The van der Waals surface area contributed by atoms with E-state index in [1.807, 2.05) is 24.3 Å². The van der Waals surface area contributed by atoms with Gasteiger partial charge in [0.1, 0.15) is 0 Å². The molecule has 2 aromatic rings. The van der Waals surface area contributed by atoms with Gasteiger partial charge in [-0.15, -0.1) is 0 Å². The molecule has 0 unspecified atom stereocenters. The lowest BCUT2D eigenvalue weighted by Gasteiger charge is -2.23. The van der Waals surface area contributed by atoms with Gasteiger partial charge in [0.25, 0.3) is 5.69 Å². The van der Waals surface area contributed by atoms with Gasteiger partial charge in [-0.2, -0.15) is 0 Å². The summed E-state index contributed by atoms with van der Waals surface area (Å²) in [5.74, 6) is -0.0977. The van der Waals surface area contributed by atoms with Crippen LogP contribution in [0.3, 0.4) is 0 Å². The number of rotatable bonds is 1. The minimum absolute atomic E-state index is 0.0585. The SMILES string of the molecule is CC(=O)N1c2ccccc2CCc2cc([N+](=O)[O-])ccc21. The number of nitro benzene ring substituents is 1. The molecule has 0 N–H and O–H groups in total. The molecule has 1 aliphatic rings. The second-order valence-electron chi connectivity index (χ2n) is 5.05. The number of hydrogen-bond acceptors (Lipinski definition) is 3. The van der Waals surface area contributed by atoms with Gasteiger partial charge in [-0.1, -0.05) is 18.2 Å². The molecular weight excluding hydrogens is 268 g/mol. The zero-order chi connectivity index (χ0) is 15.0. The molecule has 0 fully saturated rings. The third kappa shape index (κ3) is 2.27. The predicted octanol–water partition coefficient (Wildman–Crippen LogP) is 3.38. The number of hydrogen-bond donors (Lipinski definition) is 0. The molecule has 5 heteroatoms. The fourth-order valence-corrected chi connectivity index (χ4v) is 2.78. The van der Waals surface area contributed by atoms with Crippen molar-refractivity contribution in [3.05, 3.63) is 63.7 Å². The van der Waals surface area contributed by atoms with Crippen LogP contribution in [-0.4, -0.2) is 10.8 Å². The molecule has 1 aliphatic heterocycles. The quantitative estimate of drug-likeness (QED) is 0.595. The smallest absolute Gasteiger partial charge is 0.269 e. The van der Waals surface area contributed by atoms with Crippen LogP contribution in [0.5, 0.6) is 0 Å². The number of nitro groups is 1. The molecule has 0 bridgehead atoms. The van der Waals surface area contributed by atoms with E-state index in [1.54, 1.807) is 17.0 Å². The number of carbonyl (C=O) groups is 1. The lowest BCUT2D eigenvalue weighted by atomic mass is 10.0. The summed E-state index contributed by atoms with van der Waals surface area (Å²) in [6.45, 7) is 1.51. The van der Waals surface area contributed by atoms with Gasteiger partial charge >= 0.3 is 0 Å². The van der Waals surface area contributed by atoms with Gasteiger partial charge in [-0.25, -0.2) is 0 Å². The lowest BCUT2D eigenvalue weighted by molar-refractivity contribution is -0.384. The van der Waals surface area contributed by atoms with Crippen LogP contribution in [0.25, 0.3) is 0 Å². The molecule has 5 nitrogen and oxygen atoms in total. The van der Waals surface area contributed by atoms with E-state index < -0.39 is 4.92 Å². The monoisotopic (exact) mass is 282 g/mol. The van der Waals surface area contributed by atoms with Gasteiger partial charge in [-0.05, 0) is 36.1 Å².